The SMILES string of the molecule is CCc1[nH]nc(NC(=O)c2c(F)cccc2F)c1C. The van der Waals surface area contributed by atoms with E-state index in [0.29, 0.717) is 0 Å². The number of H-pyrrole nitrogens is 1. The molecule has 0 saturated heterocycles. The van der Waals surface area contributed by atoms with Gasteiger partial charge in [0, 0.05) is 11.3 Å². The van der Waals surface area contributed by atoms with Crippen LogP contribution in [0.25, 0.3) is 0 Å². The number of nitrogens with one attached hydrogen (secondary N) is 2. The average molecular weight is 265 g/mol. The average Bonchev–Trinajstić information content (AvgIpc) is 2.70. The predicted molar refractivity (Wildman–Crippen MR) is 67.0 cm³/mol. The molecule has 0 fully saturated rings. The number of hydrogen-bond acceptors (Lipinski definition) is 2. The van der Waals surface area contributed by atoms with Crippen molar-refractivity contribution in [2.75, 3.05) is 5.32 Å². The number of amides is 1. The molecule has 0 aliphatic rings. The van der Waals surface area contributed by atoms with E-state index in [1.807, 2.05) is 6.92 Å². The van der Waals surface area contributed by atoms with Gasteiger partial charge in [-0.2, -0.15) is 5.10 Å². The molecular formula is C13H13F2N3O. The highest BCUT2D eigenvalue weighted by Crippen LogP contribution is 2.18. The van der Waals surface area contributed by atoms with E-state index in [2.05, 4.69) is 15.5 Å². The van der Waals surface area contributed by atoms with Crippen LogP contribution in [0.5, 0.6) is 0 Å². The van der Waals surface area contributed by atoms with E-state index in [1.165, 1.54) is 6.07 Å². The fourth-order valence-corrected chi connectivity index (χ4v) is 1.78. The summed E-state index contributed by atoms with van der Waals surface area (Å²) < 4.78 is 26.9. The predicted octanol–water partition coefficient (Wildman–Crippen LogP) is 2.81. The van der Waals surface area contributed by atoms with Gasteiger partial charge in [-0.05, 0) is 25.5 Å². The Balaban J connectivity index is 2.28. The lowest BCUT2D eigenvalue weighted by molar-refractivity contribution is 0.101. The molecule has 1 aromatic carbocycles. The van der Waals surface area contributed by atoms with Gasteiger partial charge in [-0.15, -0.1) is 0 Å². The van der Waals surface area contributed by atoms with E-state index in [1.54, 1.807) is 6.92 Å². The van der Waals surface area contributed by atoms with E-state index in [4.69, 9.17) is 0 Å². The normalized spacial score (nSPS) is 10.5. The maximum absolute atomic E-state index is 13.4. The Kier molecular flexibility index (Phi) is 3.59. The monoisotopic (exact) mass is 265 g/mol. The fourth-order valence-electron chi connectivity index (χ4n) is 1.78. The largest absolute Gasteiger partial charge is 0.305 e. The number of nitrogens with zero attached hydrogens (tertiary/aromatic N) is 1. The molecule has 0 aliphatic heterocycles. The number of carbonyl (C=O) groups is 1. The molecule has 6 heteroatoms. The van der Waals surface area contributed by atoms with Crippen molar-refractivity contribution < 1.29 is 13.6 Å². The minimum atomic E-state index is -0.901. The highest BCUT2D eigenvalue weighted by atomic mass is 19.1. The minimum Gasteiger partial charge on any atom is -0.305 e. The van der Waals surface area contributed by atoms with Crippen LogP contribution >= 0.6 is 0 Å². The molecule has 2 aromatic rings. The van der Waals surface area contributed by atoms with Crippen LogP contribution < -0.4 is 5.32 Å². The molecule has 2 rings (SSSR count). The Morgan fingerprint density at radius 3 is 2.53 bits per heavy atom. The summed E-state index contributed by atoms with van der Waals surface area (Å²) in [5, 5.41) is 9.07. The van der Waals surface area contributed by atoms with Crippen LogP contribution in [0.4, 0.5) is 14.6 Å². The van der Waals surface area contributed by atoms with E-state index >= 15 is 0 Å². The van der Waals surface area contributed by atoms with Crippen molar-refractivity contribution in [3.63, 3.8) is 0 Å². The number of benzene rings is 1. The minimum absolute atomic E-state index is 0.282. The first-order chi connectivity index (χ1) is 9.04. The first kappa shape index (κ1) is 13.2. The molecule has 1 amide bonds. The van der Waals surface area contributed by atoms with Gasteiger partial charge in [0.2, 0.25) is 0 Å². The second-order valence-electron chi connectivity index (χ2n) is 4.08. The van der Waals surface area contributed by atoms with Crippen LogP contribution in [0.1, 0.15) is 28.5 Å². The van der Waals surface area contributed by atoms with Crippen LogP contribution in [0.2, 0.25) is 0 Å². The van der Waals surface area contributed by atoms with E-state index in [9.17, 15) is 13.6 Å². The number of aryl methyl sites for hydroxylation is 1. The third-order valence-corrected chi connectivity index (χ3v) is 2.89. The van der Waals surface area contributed by atoms with Gasteiger partial charge < -0.3 is 5.32 Å². The second kappa shape index (κ2) is 5.17. The maximum Gasteiger partial charge on any atom is 0.262 e. The van der Waals surface area contributed by atoms with Crippen LogP contribution in [-0.4, -0.2) is 16.1 Å². The van der Waals surface area contributed by atoms with E-state index in [0.717, 1.165) is 29.8 Å². The van der Waals surface area contributed by atoms with Crippen molar-refractivity contribution in [3.05, 3.63) is 46.7 Å². The van der Waals surface area contributed by atoms with Crippen LogP contribution in [0.15, 0.2) is 18.2 Å². The van der Waals surface area contributed by atoms with Crippen molar-refractivity contribution in [3.8, 4) is 0 Å². The molecule has 0 aliphatic carbocycles. The third-order valence-electron chi connectivity index (χ3n) is 2.89. The Labute approximate surface area is 108 Å². The first-order valence-electron chi connectivity index (χ1n) is 5.83. The van der Waals surface area contributed by atoms with Crippen molar-refractivity contribution >= 4 is 11.7 Å². The summed E-state index contributed by atoms with van der Waals surface area (Å²) >= 11 is 0. The smallest absolute Gasteiger partial charge is 0.262 e. The number of anilines is 1. The first-order valence-corrected chi connectivity index (χ1v) is 5.83. The van der Waals surface area contributed by atoms with Gasteiger partial charge in [0.15, 0.2) is 5.82 Å². The highest BCUT2D eigenvalue weighted by molar-refractivity contribution is 6.04. The summed E-state index contributed by atoms with van der Waals surface area (Å²) in [5.74, 6) is -2.37. The molecule has 0 unspecified atom stereocenters. The standard InChI is InChI=1S/C13H13F2N3O/c1-3-10-7(2)12(18-17-10)16-13(19)11-8(14)5-4-6-9(11)15/h4-6H,3H2,1-2H3,(H2,16,17,18,19). The number of aromatic amines is 1. The molecule has 0 saturated carbocycles. The van der Waals surface area contributed by atoms with Gasteiger partial charge in [0.25, 0.3) is 5.91 Å². The zero-order valence-corrected chi connectivity index (χ0v) is 10.6. The van der Waals surface area contributed by atoms with Crippen LogP contribution in [-0.2, 0) is 6.42 Å². The van der Waals surface area contributed by atoms with Gasteiger partial charge in [-0.1, -0.05) is 13.0 Å². The molecule has 1 heterocycles. The van der Waals surface area contributed by atoms with E-state index in [-0.39, 0.29) is 5.82 Å². The van der Waals surface area contributed by atoms with Crippen molar-refractivity contribution in [2.24, 2.45) is 0 Å². The van der Waals surface area contributed by atoms with Crippen molar-refractivity contribution in [1.29, 1.82) is 0 Å². The molecule has 0 radical (unpaired) electrons. The lowest BCUT2D eigenvalue weighted by atomic mass is 10.1. The van der Waals surface area contributed by atoms with Gasteiger partial charge >= 0.3 is 0 Å². The number of aromatic nitrogens is 2. The quantitative estimate of drug-likeness (QED) is 0.896. The molecule has 2 N–H and O–H groups in total. The molecule has 4 nitrogen and oxygen atoms in total. The fraction of sp³-hybridized carbons (Fsp3) is 0.231. The Morgan fingerprint density at radius 1 is 1.37 bits per heavy atom. The second-order valence-corrected chi connectivity index (χ2v) is 4.08. The highest BCUT2D eigenvalue weighted by Gasteiger charge is 2.19. The van der Waals surface area contributed by atoms with Gasteiger partial charge in [0.05, 0.1) is 0 Å². The zero-order valence-electron chi connectivity index (χ0n) is 10.6. The molecule has 19 heavy (non-hydrogen) atoms. The third kappa shape index (κ3) is 2.47. The summed E-state index contributed by atoms with van der Waals surface area (Å²) in [6.07, 6.45) is 0.725. The molecule has 0 bridgehead atoms. The Bertz CT molecular complexity index is 602. The lowest BCUT2D eigenvalue weighted by Gasteiger charge is -2.05. The molecular weight excluding hydrogens is 252 g/mol. The Morgan fingerprint density at radius 2 is 2.00 bits per heavy atom. The maximum atomic E-state index is 13.4. The molecule has 0 atom stereocenters. The summed E-state index contributed by atoms with van der Waals surface area (Å²) in [6.45, 7) is 3.71. The summed E-state index contributed by atoms with van der Waals surface area (Å²) in [7, 11) is 0. The van der Waals surface area contributed by atoms with Gasteiger partial charge in [-0.25, -0.2) is 8.78 Å². The van der Waals surface area contributed by atoms with Gasteiger partial charge in [-0.3, -0.25) is 9.89 Å². The lowest BCUT2D eigenvalue weighted by Crippen LogP contribution is -2.16. The number of rotatable bonds is 3. The van der Waals surface area contributed by atoms with Crippen molar-refractivity contribution in [1.82, 2.24) is 10.2 Å². The number of halogens is 2. The van der Waals surface area contributed by atoms with Crippen molar-refractivity contribution in [2.45, 2.75) is 20.3 Å². The van der Waals surface area contributed by atoms with Gasteiger partial charge in [0.1, 0.15) is 17.2 Å². The molecule has 100 valence electrons. The topological polar surface area (TPSA) is 57.8 Å². The zero-order chi connectivity index (χ0) is 14.0. The number of carbonyl (C=O) groups excluding carboxylic acids is 1. The molecule has 1 aromatic heterocycles. The van der Waals surface area contributed by atoms with Crippen LogP contribution in [0, 0.1) is 18.6 Å². The molecule has 0 spiro atoms. The summed E-state index contributed by atoms with van der Waals surface area (Å²) in [5.41, 5.74) is 1.01. The van der Waals surface area contributed by atoms with Crippen LogP contribution in [0.3, 0.4) is 0 Å². The Hall–Kier alpha value is -2.24. The number of hydrogen-bond donors (Lipinski definition) is 2. The summed E-state index contributed by atoms with van der Waals surface area (Å²) in [6, 6.07) is 3.27. The summed E-state index contributed by atoms with van der Waals surface area (Å²) in [4.78, 5) is 11.9. The van der Waals surface area contributed by atoms with E-state index < -0.39 is 23.1 Å².